The van der Waals surface area contributed by atoms with E-state index in [0.29, 0.717) is 15.7 Å². The summed E-state index contributed by atoms with van der Waals surface area (Å²) in [4.78, 5) is 35.0. The van der Waals surface area contributed by atoms with Crippen molar-refractivity contribution in [1.82, 2.24) is 4.90 Å². The number of amides is 2. The first-order chi connectivity index (χ1) is 10.3. The van der Waals surface area contributed by atoms with Crippen LogP contribution in [0.1, 0.15) is 5.56 Å². The Bertz CT molecular complexity index is 701. The highest BCUT2D eigenvalue weighted by atomic mass is 79.9. The summed E-state index contributed by atoms with van der Waals surface area (Å²) in [7, 11) is 0. The topological polar surface area (TPSA) is 113 Å². The molecule has 1 aliphatic rings. The van der Waals surface area contributed by atoms with Gasteiger partial charge in [-0.1, -0.05) is 0 Å². The number of hydrogen-bond acceptors (Lipinski definition) is 6. The summed E-state index contributed by atoms with van der Waals surface area (Å²) in [6.45, 7) is 1.28. The molecule has 0 spiro atoms. The largest absolute Gasteiger partial charge is 0.395 e. The molecule has 0 bridgehead atoms. The van der Waals surface area contributed by atoms with Crippen molar-refractivity contribution in [2.24, 2.45) is 0 Å². The van der Waals surface area contributed by atoms with Gasteiger partial charge in [-0.3, -0.25) is 24.6 Å². The Morgan fingerprint density at radius 3 is 2.68 bits per heavy atom. The molecule has 8 nitrogen and oxygen atoms in total. The van der Waals surface area contributed by atoms with Crippen molar-refractivity contribution in [3.63, 3.8) is 0 Å². The number of imide groups is 1. The highest BCUT2D eigenvalue weighted by Gasteiger charge is 2.31. The first kappa shape index (κ1) is 16.1. The van der Waals surface area contributed by atoms with Crippen LogP contribution in [0.15, 0.2) is 28.4 Å². The van der Waals surface area contributed by atoms with Crippen LogP contribution in [0.5, 0.6) is 0 Å². The maximum absolute atomic E-state index is 12.0. The zero-order valence-electron chi connectivity index (χ0n) is 11.5. The number of halogens is 1. The van der Waals surface area contributed by atoms with E-state index in [1.165, 1.54) is 6.07 Å². The molecule has 0 atom stereocenters. The third-order valence-electron chi connectivity index (χ3n) is 3.09. The number of carbonyl (C=O) groups excluding carboxylic acids is 2. The molecule has 0 unspecified atom stereocenters. The number of aryl methyl sites for hydroxylation is 1. The van der Waals surface area contributed by atoms with Gasteiger partial charge in [0.2, 0.25) is 0 Å². The predicted octanol–water partition coefficient (Wildman–Crippen LogP) is 1.32. The summed E-state index contributed by atoms with van der Waals surface area (Å²) in [5, 5.41) is 22.5. The molecule has 0 saturated carbocycles. The van der Waals surface area contributed by atoms with Crippen LogP contribution in [0.2, 0.25) is 0 Å². The molecule has 1 aromatic carbocycles. The van der Waals surface area contributed by atoms with Crippen LogP contribution in [0.25, 0.3) is 0 Å². The fourth-order valence-corrected chi connectivity index (χ4v) is 2.59. The number of rotatable bonds is 5. The minimum Gasteiger partial charge on any atom is -0.395 e. The summed E-state index contributed by atoms with van der Waals surface area (Å²) in [5.41, 5.74) is 0.878. The number of anilines is 1. The zero-order chi connectivity index (χ0) is 16.4. The van der Waals surface area contributed by atoms with Gasteiger partial charge in [0.1, 0.15) is 5.70 Å². The summed E-state index contributed by atoms with van der Waals surface area (Å²) in [6.07, 6.45) is 1.10. The minimum absolute atomic E-state index is 0.0122. The van der Waals surface area contributed by atoms with Crippen LogP contribution in [0.3, 0.4) is 0 Å². The summed E-state index contributed by atoms with van der Waals surface area (Å²) in [5.74, 6) is -1.12. The number of carbonyl (C=O) groups is 2. The van der Waals surface area contributed by atoms with Crippen molar-refractivity contribution in [3.05, 3.63) is 44.1 Å². The number of hydrogen-bond donors (Lipinski definition) is 2. The lowest BCUT2D eigenvalue weighted by molar-refractivity contribution is -0.385. The van der Waals surface area contributed by atoms with Crippen molar-refractivity contribution in [3.8, 4) is 0 Å². The molecule has 116 valence electrons. The summed E-state index contributed by atoms with van der Waals surface area (Å²) >= 11 is 3.10. The number of aliphatic hydroxyl groups is 1. The van der Waals surface area contributed by atoms with Crippen molar-refractivity contribution in [2.45, 2.75) is 6.92 Å². The average molecular weight is 370 g/mol. The Morgan fingerprint density at radius 2 is 2.09 bits per heavy atom. The fraction of sp³-hybridized carbons (Fsp3) is 0.231. The molecule has 2 N–H and O–H groups in total. The van der Waals surface area contributed by atoms with Gasteiger partial charge in [0.15, 0.2) is 0 Å². The Hall–Kier alpha value is -2.26. The fourth-order valence-electron chi connectivity index (χ4n) is 1.99. The Kier molecular flexibility index (Phi) is 4.57. The molecule has 0 aromatic heterocycles. The minimum atomic E-state index is -0.580. The van der Waals surface area contributed by atoms with Gasteiger partial charge in [-0.15, -0.1) is 0 Å². The monoisotopic (exact) mass is 369 g/mol. The Balaban J connectivity index is 2.30. The van der Waals surface area contributed by atoms with E-state index in [-0.39, 0.29) is 24.5 Å². The van der Waals surface area contributed by atoms with E-state index in [0.717, 1.165) is 11.0 Å². The number of aliphatic hydroxyl groups excluding tert-OH is 1. The molecule has 2 amide bonds. The Morgan fingerprint density at radius 1 is 1.41 bits per heavy atom. The molecule has 0 aliphatic carbocycles. The smallest absolute Gasteiger partial charge is 0.285 e. The number of nitrogens with zero attached hydrogens (tertiary/aromatic N) is 2. The quantitative estimate of drug-likeness (QED) is 0.459. The van der Waals surface area contributed by atoms with Crippen LogP contribution in [-0.2, 0) is 9.59 Å². The lowest BCUT2D eigenvalue weighted by atomic mass is 10.1. The van der Waals surface area contributed by atoms with Gasteiger partial charge in [0, 0.05) is 17.8 Å². The second kappa shape index (κ2) is 6.24. The predicted molar refractivity (Wildman–Crippen MR) is 81.0 cm³/mol. The highest BCUT2D eigenvalue weighted by molar-refractivity contribution is 9.10. The van der Waals surface area contributed by atoms with Gasteiger partial charge < -0.3 is 10.4 Å². The maximum atomic E-state index is 12.0. The highest BCUT2D eigenvalue weighted by Crippen LogP contribution is 2.32. The van der Waals surface area contributed by atoms with Crippen LogP contribution in [0.4, 0.5) is 11.4 Å². The number of β-amino-alcohol motifs (C(OH)–C–C–N with tert-alkyl or cyclic N) is 1. The van der Waals surface area contributed by atoms with Crippen LogP contribution in [0, 0.1) is 17.0 Å². The molecule has 2 rings (SSSR count). The van der Waals surface area contributed by atoms with E-state index < -0.39 is 16.7 Å². The first-order valence-corrected chi connectivity index (χ1v) is 7.04. The number of nitrogens with one attached hydrogen (secondary N) is 1. The van der Waals surface area contributed by atoms with Crippen molar-refractivity contribution >= 4 is 39.1 Å². The molecule has 0 fully saturated rings. The molecular formula is C13H12BrN3O5. The van der Waals surface area contributed by atoms with Crippen LogP contribution < -0.4 is 5.32 Å². The van der Waals surface area contributed by atoms with Gasteiger partial charge >= 0.3 is 0 Å². The molecule has 1 aromatic rings. The van der Waals surface area contributed by atoms with Crippen molar-refractivity contribution in [1.29, 1.82) is 0 Å². The van der Waals surface area contributed by atoms with Crippen LogP contribution in [-0.4, -0.2) is 39.9 Å². The zero-order valence-corrected chi connectivity index (χ0v) is 13.1. The van der Waals surface area contributed by atoms with E-state index in [4.69, 9.17) is 5.11 Å². The third kappa shape index (κ3) is 3.00. The maximum Gasteiger partial charge on any atom is 0.285 e. The molecular weight excluding hydrogens is 358 g/mol. The second-order valence-corrected chi connectivity index (χ2v) is 5.43. The van der Waals surface area contributed by atoms with Gasteiger partial charge in [-0.05, 0) is 34.5 Å². The van der Waals surface area contributed by atoms with E-state index in [2.05, 4.69) is 21.2 Å². The molecule has 22 heavy (non-hydrogen) atoms. The van der Waals surface area contributed by atoms with Crippen molar-refractivity contribution in [2.75, 3.05) is 18.5 Å². The van der Waals surface area contributed by atoms with E-state index in [9.17, 15) is 19.7 Å². The summed E-state index contributed by atoms with van der Waals surface area (Å²) < 4.78 is 0.324. The van der Waals surface area contributed by atoms with E-state index >= 15 is 0 Å². The Labute approximate surface area is 133 Å². The van der Waals surface area contributed by atoms with E-state index in [1.54, 1.807) is 13.0 Å². The number of nitro groups is 1. The lowest BCUT2D eigenvalue weighted by Crippen LogP contribution is -2.34. The van der Waals surface area contributed by atoms with Crippen molar-refractivity contribution < 1.29 is 19.6 Å². The van der Waals surface area contributed by atoms with Crippen LogP contribution >= 0.6 is 15.9 Å². The SMILES string of the molecule is Cc1cc(Br)c([N+](=O)[O-])cc1NC1=CC(=O)N(CCO)C1=O. The van der Waals surface area contributed by atoms with Gasteiger partial charge in [0.05, 0.1) is 22.5 Å². The molecule has 9 heteroatoms. The van der Waals surface area contributed by atoms with Gasteiger partial charge in [-0.25, -0.2) is 0 Å². The standard InChI is InChI=1S/C13H12BrN3O5/c1-7-4-8(14)11(17(21)22)5-9(7)15-10-6-12(19)16(2-3-18)13(10)20/h4-6,15,18H,2-3H2,1H3. The molecule has 1 heterocycles. The van der Waals surface area contributed by atoms with Gasteiger partial charge in [-0.2, -0.15) is 0 Å². The molecule has 1 aliphatic heterocycles. The average Bonchev–Trinajstić information content (AvgIpc) is 2.69. The molecule has 0 radical (unpaired) electrons. The third-order valence-corrected chi connectivity index (χ3v) is 3.73. The lowest BCUT2D eigenvalue weighted by Gasteiger charge is -2.14. The molecule has 0 saturated heterocycles. The number of benzene rings is 1. The van der Waals surface area contributed by atoms with Gasteiger partial charge in [0.25, 0.3) is 17.5 Å². The van der Waals surface area contributed by atoms with E-state index in [1.807, 2.05) is 0 Å². The summed E-state index contributed by atoms with van der Waals surface area (Å²) in [6, 6.07) is 2.83. The number of nitro benzene ring substituents is 1. The first-order valence-electron chi connectivity index (χ1n) is 6.25. The normalized spacial score (nSPS) is 14.3. The second-order valence-electron chi connectivity index (χ2n) is 4.58.